The first-order valence-electron chi connectivity index (χ1n) is 6.04. The highest BCUT2D eigenvalue weighted by Gasteiger charge is 2.08. The fourth-order valence-corrected chi connectivity index (χ4v) is 2.19. The van der Waals surface area contributed by atoms with Crippen LogP contribution in [0.25, 0.3) is 0 Å². The van der Waals surface area contributed by atoms with Gasteiger partial charge < -0.3 is 9.84 Å². The number of hydrogen-bond donors (Lipinski definition) is 1. The molecule has 0 aliphatic rings. The fourth-order valence-electron chi connectivity index (χ4n) is 1.68. The van der Waals surface area contributed by atoms with Crippen molar-refractivity contribution in [2.24, 2.45) is 0 Å². The Bertz CT molecular complexity index is 406. The summed E-state index contributed by atoms with van der Waals surface area (Å²) >= 11 is 11.7. The Balaban J connectivity index is 2.44. The Morgan fingerprint density at radius 2 is 1.89 bits per heavy atom. The molecule has 106 valence electrons. The van der Waals surface area contributed by atoms with E-state index in [9.17, 15) is 4.79 Å². The molecule has 4 nitrogen and oxygen atoms in total. The van der Waals surface area contributed by atoms with Crippen LogP contribution >= 0.6 is 23.2 Å². The lowest BCUT2D eigenvalue weighted by molar-refractivity contribution is -0.138. The zero-order chi connectivity index (χ0) is 14.3. The van der Waals surface area contributed by atoms with Gasteiger partial charge >= 0.3 is 5.97 Å². The molecule has 1 aromatic carbocycles. The van der Waals surface area contributed by atoms with Crippen LogP contribution in [0.3, 0.4) is 0 Å². The van der Waals surface area contributed by atoms with Crippen LogP contribution in [0.15, 0.2) is 18.2 Å². The first-order chi connectivity index (χ1) is 9.01. The van der Waals surface area contributed by atoms with Crippen molar-refractivity contribution in [3.05, 3.63) is 28.2 Å². The van der Waals surface area contributed by atoms with E-state index in [2.05, 4.69) is 0 Å². The molecule has 0 amide bonds. The van der Waals surface area contributed by atoms with Gasteiger partial charge in [0.05, 0.1) is 6.54 Å². The lowest BCUT2D eigenvalue weighted by Gasteiger charge is -2.19. The zero-order valence-electron chi connectivity index (χ0n) is 10.7. The van der Waals surface area contributed by atoms with Crippen LogP contribution in [0.5, 0.6) is 5.75 Å². The van der Waals surface area contributed by atoms with Gasteiger partial charge in [0.25, 0.3) is 0 Å². The molecule has 0 saturated heterocycles. The molecule has 0 aliphatic carbocycles. The average molecular weight is 306 g/mol. The van der Waals surface area contributed by atoms with Gasteiger partial charge in [0, 0.05) is 16.6 Å². The minimum atomic E-state index is -0.834. The summed E-state index contributed by atoms with van der Waals surface area (Å²) in [6.45, 7) is 3.69. The van der Waals surface area contributed by atoms with Crippen LogP contribution in [-0.2, 0) is 4.79 Å². The van der Waals surface area contributed by atoms with Crippen LogP contribution in [0, 0.1) is 0 Å². The average Bonchev–Trinajstić information content (AvgIpc) is 2.27. The largest absolute Gasteiger partial charge is 0.492 e. The molecule has 0 aliphatic heterocycles. The van der Waals surface area contributed by atoms with Crippen molar-refractivity contribution in [3.63, 3.8) is 0 Å². The summed E-state index contributed by atoms with van der Waals surface area (Å²) in [7, 11) is 0. The maximum Gasteiger partial charge on any atom is 0.317 e. The number of carboxylic acids is 1. The maximum absolute atomic E-state index is 10.7. The SMILES string of the molecule is CCCN(CCOc1cc(Cl)cc(Cl)c1)CC(=O)O. The highest BCUT2D eigenvalue weighted by molar-refractivity contribution is 6.34. The number of hydrogen-bond acceptors (Lipinski definition) is 3. The molecule has 0 spiro atoms. The summed E-state index contributed by atoms with van der Waals surface area (Å²) in [4.78, 5) is 12.5. The molecule has 0 bridgehead atoms. The third kappa shape index (κ3) is 6.66. The van der Waals surface area contributed by atoms with Crippen molar-refractivity contribution in [2.75, 3.05) is 26.2 Å². The van der Waals surface area contributed by atoms with Crippen molar-refractivity contribution >= 4 is 29.2 Å². The highest BCUT2D eigenvalue weighted by atomic mass is 35.5. The van der Waals surface area contributed by atoms with Crippen molar-refractivity contribution < 1.29 is 14.6 Å². The third-order valence-corrected chi connectivity index (χ3v) is 2.85. The molecule has 0 atom stereocenters. The van der Waals surface area contributed by atoms with E-state index in [-0.39, 0.29) is 6.54 Å². The summed E-state index contributed by atoms with van der Waals surface area (Å²) in [5.74, 6) is -0.247. The monoisotopic (exact) mass is 305 g/mol. The molecule has 1 N–H and O–H groups in total. The fraction of sp³-hybridized carbons (Fsp3) is 0.462. The standard InChI is InChI=1S/C13H17Cl2NO3/c1-2-3-16(9-13(17)18)4-5-19-12-7-10(14)6-11(15)8-12/h6-8H,2-5,9H2,1H3,(H,17,18). The number of benzene rings is 1. The van der Waals surface area contributed by atoms with Gasteiger partial charge in [0.2, 0.25) is 0 Å². The van der Waals surface area contributed by atoms with E-state index >= 15 is 0 Å². The molecule has 19 heavy (non-hydrogen) atoms. The molecule has 0 unspecified atom stereocenters. The van der Waals surface area contributed by atoms with Gasteiger partial charge in [-0.3, -0.25) is 9.69 Å². The minimum absolute atomic E-state index is 0.0213. The summed E-state index contributed by atoms with van der Waals surface area (Å²) < 4.78 is 5.52. The van der Waals surface area contributed by atoms with E-state index < -0.39 is 5.97 Å². The lowest BCUT2D eigenvalue weighted by Crippen LogP contribution is -2.34. The smallest absolute Gasteiger partial charge is 0.317 e. The van der Waals surface area contributed by atoms with Crippen LogP contribution in [-0.4, -0.2) is 42.2 Å². The number of rotatable bonds is 8. The Morgan fingerprint density at radius 1 is 1.26 bits per heavy atom. The number of carbonyl (C=O) groups is 1. The molecule has 1 aromatic rings. The Morgan fingerprint density at radius 3 is 2.42 bits per heavy atom. The molecule has 0 fully saturated rings. The van der Waals surface area contributed by atoms with Gasteiger partial charge in [-0.25, -0.2) is 0 Å². The Hall–Kier alpha value is -0.970. The van der Waals surface area contributed by atoms with Crippen LogP contribution < -0.4 is 4.74 Å². The molecule has 1 rings (SSSR count). The van der Waals surface area contributed by atoms with Gasteiger partial charge in [-0.05, 0) is 31.2 Å². The third-order valence-electron chi connectivity index (χ3n) is 2.41. The molecule has 0 radical (unpaired) electrons. The first-order valence-corrected chi connectivity index (χ1v) is 6.80. The van der Waals surface area contributed by atoms with Gasteiger partial charge in [0.15, 0.2) is 0 Å². The number of aliphatic carboxylic acids is 1. The first kappa shape index (κ1) is 16.1. The van der Waals surface area contributed by atoms with Crippen molar-refractivity contribution in [3.8, 4) is 5.75 Å². The predicted octanol–water partition coefficient (Wildman–Crippen LogP) is 3.17. The second-order valence-corrected chi connectivity index (χ2v) is 5.00. The Labute approximate surface area is 122 Å². The molecule has 0 saturated carbocycles. The van der Waals surface area contributed by atoms with Gasteiger partial charge in [-0.1, -0.05) is 30.1 Å². The molecule has 0 aromatic heterocycles. The molecular formula is C13H17Cl2NO3. The summed E-state index contributed by atoms with van der Waals surface area (Å²) in [6.07, 6.45) is 0.899. The van der Waals surface area contributed by atoms with Crippen LogP contribution in [0.1, 0.15) is 13.3 Å². The number of ether oxygens (including phenoxy) is 1. The highest BCUT2D eigenvalue weighted by Crippen LogP contribution is 2.24. The van der Waals surface area contributed by atoms with Crippen LogP contribution in [0.2, 0.25) is 10.0 Å². The predicted molar refractivity (Wildman–Crippen MR) is 76.3 cm³/mol. The van der Waals surface area contributed by atoms with Gasteiger partial charge in [0.1, 0.15) is 12.4 Å². The lowest BCUT2D eigenvalue weighted by atomic mass is 10.3. The van der Waals surface area contributed by atoms with Crippen molar-refractivity contribution in [1.82, 2.24) is 4.90 Å². The van der Waals surface area contributed by atoms with E-state index in [1.54, 1.807) is 18.2 Å². The van der Waals surface area contributed by atoms with E-state index in [4.69, 9.17) is 33.0 Å². The number of carboxylic acid groups (broad SMARTS) is 1. The zero-order valence-corrected chi connectivity index (χ0v) is 12.2. The number of halogens is 2. The normalized spacial score (nSPS) is 10.7. The Kier molecular flexibility index (Phi) is 6.99. The second kappa shape index (κ2) is 8.25. The summed E-state index contributed by atoms with van der Waals surface area (Å²) in [5, 5.41) is 9.81. The molecule has 6 heteroatoms. The van der Waals surface area contributed by atoms with E-state index in [1.807, 2.05) is 11.8 Å². The van der Waals surface area contributed by atoms with Crippen molar-refractivity contribution in [2.45, 2.75) is 13.3 Å². The summed E-state index contributed by atoms with van der Waals surface area (Å²) in [5.41, 5.74) is 0. The second-order valence-electron chi connectivity index (χ2n) is 4.12. The van der Waals surface area contributed by atoms with Gasteiger partial charge in [-0.15, -0.1) is 0 Å². The van der Waals surface area contributed by atoms with Gasteiger partial charge in [-0.2, -0.15) is 0 Å². The number of nitrogens with zero attached hydrogens (tertiary/aromatic N) is 1. The topological polar surface area (TPSA) is 49.8 Å². The van der Waals surface area contributed by atoms with Crippen LogP contribution in [0.4, 0.5) is 0 Å². The maximum atomic E-state index is 10.7. The van der Waals surface area contributed by atoms with Crippen molar-refractivity contribution in [1.29, 1.82) is 0 Å². The van der Waals surface area contributed by atoms with E-state index in [1.165, 1.54) is 0 Å². The quantitative estimate of drug-likeness (QED) is 0.801. The molecule has 0 heterocycles. The van der Waals surface area contributed by atoms with E-state index in [0.29, 0.717) is 28.9 Å². The minimum Gasteiger partial charge on any atom is -0.492 e. The van der Waals surface area contributed by atoms with E-state index in [0.717, 1.165) is 13.0 Å². The summed E-state index contributed by atoms with van der Waals surface area (Å²) in [6, 6.07) is 4.98. The molecular weight excluding hydrogens is 289 g/mol.